The van der Waals surface area contributed by atoms with Crippen molar-refractivity contribution < 1.29 is 14.4 Å². The summed E-state index contributed by atoms with van der Waals surface area (Å²) in [6, 6.07) is 39.1. The van der Waals surface area contributed by atoms with E-state index >= 15 is 0 Å². The molecule has 9 heteroatoms. The number of anilines is 2. The van der Waals surface area contributed by atoms with Crippen LogP contribution in [0.1, 0.15) is 26.7 Å². The van der Waals surface area contributed by atoms with Crippen LogP contribution in [0.15, 0.2) is 144 Å². The van der Waals surface area contributed by atoms with Crippen LogP contribution in [0.4, 0.5) is 11.4 Å². The molecule has 0 aliphatic rings. The van der Waals surface area contributed by atoms with Crippen LogP contribution in [0, 0.1) is 0 Å². The molecule has 224 valence electrons. The lowest BCUT2D eigenvalue weighted by Gasteiger charge is -2.18. The summed E-state index contributed by atoms with van der Waals surface area (Å²) in [5, 5.41) is 9.06. The van der Waals surface area contributed by atoms with Crippen molar-refractivity contribution >= 4 is 70.1 Å². The molecule has 6 nitrogen and oxygen atoms in total. The Kier molecular flexibility index (Phi) is 10.7. The van der Waals surface area contributed by atoms with E-state index in [0.717, 1.165) is 10.5 Å². The van der Waals surface area contributed by atoms with E-state index in [2.05, 4.69) is 16.0 Å². The van der Waals surface area contributed by atoms with Gasteiger partial charge < -0.3 is 16.0 Å². The standard InChI is InChI=1S/C36H27Cl2N3O3S/c37-27-17-19-29(20-18-27)39-36(44)33(25-10-3-1-4-11-25)45-31-16-8-15-30(23-31)40-35(43)32(22-24-9-7-14-28(38)21-24)41-34(42)26-12-5-2-6-13-26/h1-23,33H,(H,39,44)(H,40,43)(H,41,42)/b32-22-. The van der Waals surface area contributed by atoms with Crippen LogP contribution in [0.3, 0.4) is 0 Å². The Morgan fingerprint density at radius 1 is 0.644 bits per heavy atom. The Bertz CT molecular complexity index is 1830. The van der Waals surface area contributed by atoms with E-state index < -0.39 is 17.1 Å². The van der Waals surface area contributed by atoms with Crippen molar-refractivity contribution in [2.24, 2.45) is 0 Å². The Morgan fingerprint density at radius 2 is 1.33 bits per heavy atom. The lowest BCUT2D eigenvalue weighted by Crippen LogP contribution is -2.30. The van der Waals surface area contributed by atoms with Crippen molar-refractivity contribution in [3.63, 3.8) is 0 Å². The summed E-state index contributed by atoms with van der Waals surface area (Å²) in [6.07, 6.45) is 1.56. The summed E-state index contributed by atoms with van der Waals surface area (Å²) in [7, 11) is 0. The van der Waals surface area contributed by atoms with Crippen LogP contribution in [-0.2, 0) is 9.59 Å². The zero-order valence-electron chi connectivity index (χ0n) is 23.7. The lowest BCUT2D eigenvalue weighted by atomic mass is 10.1. The normalized spacial score (nSPS) is 11.7. The Hall–Kier alpha value is -4.82. The maximum Gasteiger partial charge on any atom is 0.272 e. The van der Waals surface area contributed by atoms with Crippen LogP contribution >= 0.6 is 35.0 Å². The summed E-state index contributed by atoms with van der Waals surface area (Å²) < 4.78 is 0. The van der Waals surface area contributed by atoms with Gasteiger partial charge in [0.1, 0.15) is 10.9 Å². The zero-order chi connectivity index (χ0) is 31.6. The molecule has 3 amide bonds. The number of carbonyl (C=O) groups excluding carboxylic acids is 3. The molecule has 45 heavy (non-hydrogen) atoms. The van der Waals surface area contributed by atoms with Gasteiger partial charge in [-0.3, -0.25) is 14.4 Å². The third-order valence-corrected chi connectivity index (χ3v) is 8.22. The highest BCUT2D eigenvalue weighted by Crippen LogP contribution is 2.37. The zero-order valence-corrected chi connectivity index (χ0v) is 26.1. The van der Waals surface area contributed by atoms with Crippen molar-refractivity contribution in [3.05, 3.63) is 166 Å². The highest BCUT2D eigenvalue weighted by molar-refractivity contribution is 8.00. The molecule has 5 aromatic carbocycles. The number of hydrogen-bond acceptors (Lipinski definition) is 4. The predicted molar refractivity (Wildman–Crippen MR) is 184 cm³/mol. The van der Waals surface area contributed by atoms with Crippen LogP contribution in [0.2, 0.25) is 10.0 Å². The third kappa shape index (κ3) is 9.09. The first-order valence-corrected chi connectivity index (χ1v) is 15.5. The molecule has 5 rings (SSSR count). The highest BCUT2D eigenvalue weighted by atomic mass is 35.5. The maximum absolute atomic E-state index is 13.6. The molecule has 0 saturated heterocycles. The maximum atomic E-state index is 13.6. The molecule has 0 radical (unpaired) electrons. The molecular weight excluding hydrogens is 625 g/mol. The van der Waals surface area contributed by atoms with Gasteiger partial charge in [0.05, 0.1) is 0 Å². The molecule has 0 saturated carbocycles. The van der Waals surface area contributed by atoms with Gasteiger partial charge in [0.25, 0.3) is 11.8 Å². The van der Waals surface area contributed by atoms with Gasteiger partial charge in [-0.25, -0.2) is 0 Å². The van der Waals surface area contributed by atoms with Crippen molar-refractivity contribution in [3.8, 4) is 0 Å². The number of carbonyl (C=O) groups is 3. The van der Waals surface area contributed by atoms with E-state index in [1.807, 2.05) is 36.4 Å². The molecule has 5 aromatic rings. The SMILES string of the molecule is O=C(Nc1cccc(SC(C(=O)Nc2ccc(Cl)cc2)c2ccccc2)c1)/C(=C/c1cccc(Cl)c1)NC(=O)c1ccccc1. The van der Waals surface area contributed by atoms with E-state index in [0.29, 0.717) is 32.5 Å². The van der Waals surface area contributed by atoms with E-state index in [1.165, 1.54) is 11.8 Å². The number of halogens is 2. The minimum atomic E-state index is -0.587. The molecule has 0 bridgehead atoms. The highest BCUT2D eigenvalue weighted by Gasteiger charge is 2.23. The summed E-state index contributed by atoms with van der Waals surface area (Å²) >= 11 is 13.5. The summed E-state index contributed by atoms with van der Waals surface area (Å²) in [4.78, 5) is 40.8. The fourth-order valence-corrected chi connectivity index (χ4v) is 5.74. The topological polar surface area (TPSA) is 87.3 Å². The average Bonchev–Trinajstić information content (AvgIpc) is 3.05. The smallest absolute Gasteiger partial charge is 0.272 e. The molecule has 0 spiro atoms. The minimum Gasteiger partial charge on any atom is -0.325 e. The van der Waals surface area contributed by atoms with Crippen molar-refractivity contribution in [2.75, 3.05) is 10.6 Å². The second-order valence-electron chi connectivity index (χ2n) is 9.82. The quantitative estimate of drug-likeness (QED) is 0.104. The number of thioether (sulfide) groups is 1. The van der Waals surface area contributed by atoms with Gasteiger partial charge in [0, 0.05) is 31.9 Å². The number of rotatable bonds is 10. The van der Waals surface area contributed by atoms with Crippen LogP contribution in [0.25, 0.3) is 6.08 Å². The Morgan fingerprint density at radius 3 is 2.04 bits per heavy atom. The second kappa shape index (κ2) is 15.3. The fraction of sp³-hybridized carbons (Fsp3) is 0.0278. The average molecular weight is 653 g/mol. The van der Waals surface area contributed by atoms with E-state index in [-0.39, 0.29) is 11.6 Å². The summed E-state index contributed by atoms with van der Waals surface area (Å²) in [5.41, 5.74) is 3.02. The molecule has 0 fully saturated rings. The van der Waals surface area contributed by atoms with Gasteiger partial charge in [-0.2, -0.15) is 0 Å². The number of nitrogens with one attached hydrogen (secondary N) is 3. The monoisotopic (exact) mass is 651 g/mol. The van der Waals surface area contributed by atoms with Crippen molar-refractivity contribution in [1.82, 2.24) is 5.32 Å². The minimum absolute atomic E-state index is 0.0358. The Labute approximate surface area is 275 Å². The van der Waals surface area contributed by atoms with Crippen molar-refractivity contribution in [1.29, 1.82) is 0 Å². The molecule has 3 N–H and O–H groups in total. The van der Waals surface area contributed by atoms with Gasteiger partial charge >= 0.3 is 0 Å². The van der Waals surface area contributed by atoms with E-state index in [1.54, 1.807) is 103 Å². The molecule has 0 aromatic heterocycles. The number of benzene rings is 5. The third-order valence-electron chi connectivity index (χ3n) is 6.49. The van der Waals surface area contributed by atoms with Gasteiger partial charge in [-0.15, -0.1) is 11.8 Å². The molecule has 1 atom stereocenters. The Balaban J connectivity index is 1.37. The molecule has 0 aliphatic carbocycles. The van der Waals surface area contributed by atoms with E-state index in [9.17, 15) is 14.4 Å². The molecular formula is C36H27Cl2N3O3S. The first kappa shape index (κ1) is 31.6. The number of hydrogen-bond donors (Lipinski definition) is 3. The van der Waals surface area contributed by atoms with Crippen molar-refractivity contribution in [2.45, 2.75) is 10.1 Å². The first-order chi connectivity index (χ1) is 21.8. The molecule has 0 heterocycles. The largest absolute Gasteiger partial charge is 0.325 e. The van der Waals surface area contributed by atoms with Crippen LogP contribution < -0.4 is 16.0 Å². The van der Waals surface area contributed by atoms with E-state index in [4.69, 9.17) is 23.2 Å². The van der Waals surface area contributed by atoms with Crippen LogP contribution in [0.5, 0.6) is 0 Å². The fourth-order valence-electron chi connectivity index (χ4n) is 4.33. The molecule has 1 unspecified atom stereocenters. The molecule has 0 aliphatic heterocycles. The predicted octanol–water partition coefficient (Wildman–Crippen LogP) is 8.88. The number of amides is 3. The van der Waals surface area contributed by atoms with Crippen LogP contribution in [-0.4, -0.2) is 17.7 Å². The summed E-state index contributed by atoms with van der Waals surface area (Å²) in [5.74, 6) is -1.17. The second-order valence-corrected chi connectivity index (χ2v) is 11.9. The van der Waals surface area contributed by atoms with Gasteiger partial charge in [0.2, 0.25) is 5.91 Å². The van der Waals surface area contributed by atoms with Gasteiger partial charge in [0.15, 0.2) is 0 Å². The summed E-state index contributed by atoms with van der Waals surface area (Å²) in [6.45, 7) is 0. The van der Waals surface area contributed by atoms with Gasteiger partial charge in [-0.05, 0) is 83.9 Å². The lowest BCUT2D eigenvalue weighted by molar-refractivity contribution is -0.116. The van der Waals surface area contributed by atoms with Gasteiger partial charge in [-0.1, -0.05) is 89.9 Å². The first-order valence-electron chi connectivity index (χ1n) is 13.9.